The van der Waals surface area contributed by atoms with E-state index in [-0.39, 0.29) is 5.97 Å². The first kappa shape index (κ1) is 13.0. The highest BCUT2D eigenvalue weighted by Crippen LogP contribution is 2.16. The van der Waals surface area contributed by atoms with Crippen molar-refractivity contribution in [2.45, 2.75) is 26.7 Å². The second kappa shape index (κ2) is 6.48. The Balaban J connectivity index is 2.32. The van der Waals surface area contributed by atoms with Crippen LogP contribution in [0.5, 0.6) is 0 Å². The lowest BCUT2D eigenvalue weighted by atomic mass is 10.1. The van der Waals surface area contributed by atoms with Gasteiger partial charge in [0.25, 0.3) is 0 Å². The van der Waals surface area contributed by atoms with Crippen LogP contribution in [0.2, 0.25) is 0 Å². The van der Waals surface area contributed by atoms with Gasteiger partial charge in [-0.3, -0.25) is 0 Å². The van der Waals surface area contributed by atoms with Gasteiger partial charge in [0, 0.05) is 11.9 Å². The molecule has 0 spiro atoms. The third-order valence-corrected chi connectivity index (χ3v) is 2.93. The van der Waals surface area contributed by atoms with E-state index >= 15 is 0 Å². The number of thiazole rings is 1. The van der Waals surface area contributed by atoms with Gasteiger partial charge < -0.3 is 10.1 Å². The average molecular weight is 242 g/mol. The van der Waals surface area contributed by atoms with Crippen molar-refractivity contribution in [1.82, 2.24) is 4.98 Å². The monoisotopic (exact) mass is 242 g/mol. The molecule has 0 aliphatic carbocycles. The molecule has 90 valence electrons. The fourth-order valence-electron chi connectivity index (χ4n) is 1.26. The lowest BCUT2D eigenvalue weighted by Crippen LogP contribution is -2.05. The number of carbonyl (C=O) groups is 1. The molecule has 0 saturated carbocycles. The highest BCUT2D eigenvalue weighted by Gasteiger charge is 2.09. The zero-order valence-electron chi connectivity index (χ0n) is 9.95. The molecular weight excluding hydrogens is 224 g/mol. The Morgan fingerprint density at radius 1 is 1.62 bits per heavy atom. The molecule has 1 N–H and O–H groups in total. The van der Waals surface area contributed by atoms with Crippen molar-refractivity contribution in [3.8, 4) is 0 Å². The number of methoxy groups -OCH3 is 1. The number of nitrogens with zero attached hydrogens (tertiary/aromatic N) is 1. The maximum absolute atomic E-state index is 11.1. The Morgan fingerprint density at radius 2 is 2.38 bits per heavy atom. The lowest BCUT2D eigenvalue weighted by molar-refractivity contribution is 0.0595. The largest absolute Gasteiger partial charge is 0.464 e. The topological polar surface area (TPSA) is 51.2 Å². The lowest BCUT2D eigenvalue weighted by Gasteiger charge is -2.04. The summed E-state index contributed by atoms with van der Waals surface area (Å²) in [6, 6.07) is 0. The second-order valence-corrected chi connectivity index (χ2v) is 4.85. The van der Waals surface area contributed by atoms with Gasteiger partial charge in [0.1, 0.15) is 0 Å². The number of rotatable bonds is 6. The average Bonchev–Trinajstić information content (AvgIpc) is 2.71. The zero-order valence-corrected chi connectivity index (χ0v) is 10.8. The summed E-state index contributed by atoms with van der Waals surface area (Å²) < 4.78 is 4.58. The summed E-state index contributed by atoms with van der Waals surface area (Å²) in [5.41, 5.74) is 0.374. The van der Waals surface area contributed by atoms with Crippen LogP contribution in [0.1, 0.15) is 37.2 Å². The van der Waals surface area contributed by atoms with E-state index in [4.69, 9.17) is 0 Å². The van der Waals surface area contributed by atoms with E-state index in [1.807, 2.05) is 0 Å². The van der Waals surface area contributed by atoms with Gasteiger partial charge >= 0.3 is 5.97 Å². The number of carbonyl (C=O) groups excluding carboxylic acids is 1. The van der Waals surface area contributed by atoms with Crippen molar-refractivity contribution in [2.75, 3.05) is 19.0 Å². The molecule has 0 atom stereocenters. The molecule has 1 rings (SSSR count). The number of hydrogen-bond donors (Lipinski definition) is 1. The smallest absolute Gasteiger partial charge is 0.357 e. The van der Waals surface area contributed by atoms with Gasteiger partial charge in [-0.1, -0.05) is 13.8 Å². The van der Waals surface area contributed by atoms with Crippen molar-refractivity contribution < 1.29 is 9.53 Å². The number of anilines is 1. The van der Waals surface area contributed by atoms with Crippen LogP contribution in [0, 0.1) is 5.92 Å². The fraction of sp³-hybridized carbons (Fsp3) is 0.636. The van der Waals surface area contributed by atoms with Crippen molar-refractivity contribution in [2.24, 2.45) is 5.92 Å². The number of nitrogens with one attached hydrogen (secondary N) is 1. The maximum atomic E-state index is 11.1. The molecule has 1 aromatic heterocycles. The van der Waals surface area contributed by atoms with E-state index in [1.54, 1.807) is 5.38 Å². The SMILES string of the molecule is COC(=O)c1csc(NCCCC(C)C)n1. The first-order chi connectivity index (χ1) is 7.63. The summed E-state index contributed by atoms with van der Waals surface area (Å²) in [6.07, 6.45) is 2.31. The molecule has 0 amide bonds. The van der Waals surface area contributed by atoms with Crippen molar-refractivity contribution >= 4 is 22.4 Å². The fourth-order valence-corrected chi connectivity index (χ4v) is 1.97. The predicted octanol–water partition coefficient (Wildman–Crippen LogP) is 2.78. The van der Waals surface area contributed by atoms with Crippen molar-refractivity contribution in [3.63, 3.8) is 0 Å². The molecule has 5 heteroatoms. The molecule has 16 heavy (non-hydrogen) atoms. The van der Waals surface area contributed by atoms with Gasteiger partial charge in [0.05, 0.1) is 7.11 Å². The Labute approximate surface area is 100 Å². The molecule has 1 heterocycles. The number of esters is 1. The van der Waals surface area contributed by atoms with Crippen LogP contribution in [0.25, 0.3) is 0 Å². The van der Waals surface area contributed by atoms with E-state index in [0.717, 1.165) is 24.0 Å². The molecule has 0 saturated heterocycles. The third kappa shape index (κ3) is 4.18. The van der Waals surface area contributed by atoms with Crippen LogP contribution in [-0.4, -0.2) is 24.6 Å². The standard InChI is InChI=1S/C11H18N2O2S/c1-8(2)5-4-6-12-11-13-9(7-16-11)10(14)15-3/h7-8H,4-6H2,1-3H3,(H,12,13). The molecule has 0 aromatic carbocycles. The molecule has 1 aromatic rings. The quantitative estimate of drug-likeness (QED) is 0.615. The van der Waals surface area contributed by atoms with Gasteiger partial charge in [0.15, 0.2) is 10.8 Å². The molecule has 0 bridgehead atoms. The highest BCUT2D eigenvalue weighted by molar-refractivity contribution is 7.13. The minimum atomic E-state index is -0.383. The van der Waals surface area contributed by atoms with Crippen LogP contribution in [-0.2, 0) is 4.74 Å². The van der Waals surface area contributed by atoms with E-state index in [1.165, 1.54) is 24.9 Å². The molecule has 4 nitrogen and oxygen atoms in total. The number of hydrogen-bond acceptors (Lipinski definition) is 5. The van der Waals surface area contributed by atoms with Crippen LogP contribution in [0.15, 0.2) is 5.38 Å². The maximum Gasteiger partial charge on any atom is 0.357 e. The number of aromatic nitrogens is 1. The van der Waals surface area contributed by atoms with Gasteiger partial charge in [0.2, 0.25) is 0 Å². The van der Waals surface area contributed by atoms with E-state index in [9.17, 15) is 4.79 Å². The van der Waals surface area contributed by atoms with E-state index < -0.39 is 0 Å². The Hall–Kier alpha value is -1.10. The Morgan fingerprint density at radius 3 is 3.00 bits per heavy atom. The third-order valence-electron chi connectivity index (χ3n) is 2.13. The summed E-state index contributed by atoms with van der Waals surface area (Å²) in [6.45, 7) is 5.31. The first-order valence-corrected chi connectivity index (χ1v) is 6.29. The van der Waals surface area contributed by atoms with Gasteiger partial charge in [-0.25, -0.2) is 9.78 Å². The summed E-state index contributed by atoms with van der Waals surface area (Å²) in [5, 5.41) is 5.69. The number of ether oxygens (including phenoxy) is 1. The van der Waals surface area contributed by atoms with Gasteiger partial charge in [-0.15, -0.1) is 11.3 Å². The molecule has 0 unspecified atom stereocenters. The predicted molar refractivity (Wildman–Crippen MR) is 66.0 cm³/mol. The molecule has 0 fully saturated rings. The molecular formula is C11H18N2O2S. The summed E-state index contributed by atoms with van der Waals surface area (Å²) in [7, 11) is 1.36. The summed E-state index contributed by atoms with van der Waals surface area (Å²) >= 11 is 1.43. The molecule has 0 aliphatic rings. The minimum absolute atomic E-state index is 0.374. The van der Waals surface area contributed by atoms with Crippen LogP contribution < -0.4 is 5.32 Å². The van der Waals surface area contributed by atoms with Crippen LogP contribution in [0.4, 0.5) is 5.13 Å². The Bertz CT molecular complexity index is 336. The van der Waals surface area contributed by atoms with Crippen molar-refractivity contribution in [3.05, 3.63) is 11.1 Å². The van der Waals surface area contributed by atoms with Crippen molar-refractivity contribution in [1.29, 1.82) is 0 Å². The minimum Gasteiger partial charge on any atom is -0.464 e. The highest BCUT2D eigenvalue weighted by atomic mass is 32.1. The second-order valence-electron chi connectivity index (χ2n) is 3.99. The zero-order chi connectivity index (χ0) is 12.0. The summed E-state index contributed by atoms with van der Waals surface area (Å²) in [4.78, 5) is 15.3. The molecule has 0 radical (unpaired) electrons. The van der Waals surface area contributed by atoms with Gasteiger partial charge in [-0.05, 0) is 18.8 Å². The van der Waals surface area contributed by atoms with Gasteiger partial charge in [-0.2, -0.15) is 0 Å². The normalized spacial score (nSPS) is 10.5. The van der Waals surface area contributed by atoms with E-state index in [0.29, 0.717) is 5.69 Å². The van der Waals surface area contributed by atoms with Crippen LogP contribution in [0.3, 0.4) is 0 Å². The van der Waals surface area contributed by atoms with E-state index in [2.05, 4.69) is 28.9 Å². The first-order valence-electron chi connectivity index (χ1n) is 5.41. The molecule has 0 aliphatic heterocycles. The summed E-state index contributed by atoms with van der Waals surface area (Å²) in [5.74, 6) is 0.343. The van der Waals surface area contributed by atoms with Crippen LogP contribution >= 0.6 is 11.3 Å². The Kier molecular flexibility index (Phi) is 5.25.